The standard InChI is InChI=1S/C10H13NO2S/c12-5-9-6-13-10(11-9)4-8-2-1-3-14-7-8/h5-6,8H,1-4,7H2. The summed E-state index contributed by atoms with van der Waals surface area (Å²) in [5.74, 6) is 3.85. The Morgan fingerprint density at radius 3 is 3.29 bits per heavy atom. The Hall–Kier alpha value is -0.770. The number of oxazole rings is 1. The van der Waals surface area contributed by atoms with E-state index in [1.165, 1.54) is 30.6 Å². The molecular weight excluding hydrogens is 198 g/mol. The summed E-state index contributed by atoms with van der Waals surface area (Å²) in [5.41, 5.74) is 0.406. The zero-order chi connectivity index (χ0) is 9.80. The lowest BCUT2D eigenvalue weighted by molar-refractivity contribution is 0.111. The highest BCUT2D eigenvalue weighted by Gasteiger charge is 2.16. The summed E-state index contributed by atoms with van der Waals surface area (Å²) in [6.07, 6.45) is 5.57. The van der Waals surface area contributed by atoms with Gasteiger partial charge in [-0.2, -0.15) is 11.8 Å². The summed E-state index contributed by atoms with van der Waals surface area (Å²) in [6, 6.07) is 0. The van der Waals surface area contributed by atoms with Gasteiger partial charge in [-0.3, -0.25) is 4.79 Å². The molecule has 1 unspecified atom stereocenters. The molecule has 14 heavy (non-hydrogen) atoms. The van der Waals surface area contributed by atoms with Gasteiger partial charge in [0.15, 0.2) is 12.2 Å². The third-order valence-corrected chi connectivity index (χ3v) is 3.69. The maximum atomic E-state index is 10.4. The van der Waals surface area contributed by atoms with Crippen LogP contribution >= 0.6 is 11.8 Å². The molecule has 2 rings (SSSR count). The normalized spacial score (nSPS) is 22.1. The van der Waals surface area contributed by atoms with Crippen molar-refractivity contribution in [2.24, 2.45) is 5.92 Å². The van der Waals surface area contributed by atoms with E-state index in [9.17, 15) is 4.79 Å². The van der Waals surface area contributed by atoms with Crippen molar-refractivity contribution in [3.8, 4) is 0 Å². The summed E-state index contributed by atoms with van der Waals surface area (Å²) in [7, 11) is 0. The molecule has 0 aliphatic carbocycles. The Labute approximate surface area is 87.3 Å². The van der Waals surface area contributed by atoms with Gasteiger partial charge in [0.25, 0.3) is 0 Å². The van der Waals surface area contributed by atoms with Crippen LogP contribution in [0.5, 0.6) is 0 Å². The second-order valence-corrected chi connectivity index (χ2v) is 4.72. The van der Waals surface area contributed by atoms with Crippen LogP contribution < -0.4 is 0 Å². The van der Waals surface area contributed by atoms with E-state index in [0.717, 1.165) is 12.7 Å². The van der Waals surface area contributed by atoms with Gasteiger partial charge < -0.3 is 4.42 Å². The molecule has 0 N–H and O–H groups in total. The molecule has 1 saturated heterocycles. The average molecular weight is 211 g/mol. The fraction of sp³-hybridized carbons (Fsp3) is 0.600. The minimum absolute atomic E-state index is 0.406. The number of aromatic nitrogens is 1. The highest BCUT2D eigenvalue weighted by atomic mass is 32.2. The Morgan fingerprint density at radius 1 is 1.71 bits per heavy atom. The summed E-state index contributed by atoms with van der Waals surface area (Å²) < 4.78 is 5.21. The molecule has 1 aromatic rings. The molecule has 2 heterocycles. The number of carbonyl (C=O) groups excluding carboxylic acids is 1. The van der Waals surface area contributed by atoms with Crippen LogP contribution in [0.4, 0.5) is 0 Å². The number of rotatable bonds is 3. The van der Waals surface area contributed by atoms with Gasteiger partial charge >= 0.3 is 0 Å². The van der Waals surface area contributed by atoms with E-state index in [2.05, 4.69) is 4.98 Å². The largest absolute Gasteiger partial charge is 0.448 e. The fourth-order valence-electron chi connectivity index (χ4n) is 1.69. The van der Waals surface area contributed by atoms with Gasteiger partial charge in [-0.15, -0.1) is 0 Å². The van der Waals surface area contributed by atoms with Crippen LogP contribution in [0, 0.1) is 5.92 Å². The SMILES string of the molecule is O=Cc1coc(CC2CCCSC2)n1. The Kier molecular flexibility index (Phi) is 3.24. The average Bonchev–Trinajstić information content (AvgIpc) is 2.67. The lowest BCUT2D eigenvalue weighted by Gasteiger charge is -2.19. The molecule has 1 aliphatic rings. The Bertz CT molecular complexity index is 305. The van der Waals surface area contributed by atoms with E-state index >= 15 is 0 Å². The first-order valence-electron chi connectivity index (χ1n) is 4.86. The van der Waals surface area contributed by atoms with Gasteiger partial charge in [-0.05, 0) is 30.3 Å². The summed E-state index contributed by atoms with van der Waals surface area (Å²) >= 11 is 2.00. The minimum Gasteiger partial charge on any atom is -0.448 e. The van der Waals surface area contributed by atoms with Gasteiger partial charge in [0, 0.05) is 6.42 Å². The number of aldehydes is 1. The summed E-state index contributed by atoms with van der Waals surface area (Å²) in [4.78, 5) is 14.5. The molecule has 0 aromatic carbocycles. The van der Waals surface area contributed by atoms with Crippen molar-refractivity contribution in [2.45, 2.75) is 19.3 Å². The molecule has 4 heteroatoms. The van der Waals surface area contributed by atoms with Crippen molar-refractivity contribution < 1.29 is 9.21 Å². The van der Waals surface area contributed by atoms with Gasteiger partial charge in [-0.25, -0.2) is 4.98 Å². The van der Waals surface area contributed by atoms with E-state index in [0.29, 0.717) is 17.5 Å². The zero-order valence-electron chi connectivity index (χ0n) is 7.94. The lowest BCUT2D eigenvalue weighted by atomic mass is 10.0. The minimum atomic E-state index is 0.406. The lowest BCUT2D eigenvalue weighted by Crippen LogP contribution is -2.13. The van der Waals surface area contributed by atoms with Crippen molar-refractivity contribution in [1.29, 1.82) is 0 Å². The monoisotopic (exact) mass is 211 g/mol. The smallest absolute Gasteiger partial charge is 0.194 e. The van der Waals surface area contributed by atoms with Crippen LogP contribution in [0.15, 0.2) is 10.7 Å². The van der Waals surface area contributed by atoms with E-state index in [1.54, 1.807) is 0 Å². The number of thioether (sulfide) groups is 1. The van der Waals surface area contributed by atoms with Gasteiger partial charge in [-0.1, -0.05) is 0 Å². The number of carbonyl (C=O) groups is 1. The molecule has 0 radical (unpaired) electrons. The fourth-order valence-corrected chi connectivity index (χ4v) is 2.84. The molecule has 0 saturated carbocycles. The predicted octanol–water partition coefficient (Wildman–Crippen LogP) is 2.17. The maximum Gasteiger partial charge on any atom is 0.194 e. The van der Waals surface area contributed by atoms with Gasteiger partial charge in [0.05, 0.1) is 0 Å². The number of nitrogens with zero attached hydrogens (tertiary/aromatic N) is 1. The van der Waals surface area contributed by atoms with Crippen molar-refractivity contribution in [3.63, 3.8) is 0 Å². The molecule has 0 bridgehead atoms. The highest BCUT2D eigenvalue weighted by molar-refractivity contribution is 7.99. The second kappa shape index (κ2) is 4.64. The molecule has 3 nitrogen and oxygen atoms in total. The van der Waals surface area contributed by atoms with Crippen molar-refractivity contribution in [2.75, 3.05) is 11.5 Å². The molecule has 1 fully saturated rings. The van der Waals surface area contributed by atoms with Gasteiger partial charge in [0.2, 0.25) is 0 Å². The predicted molar refractivity (Wildman–Crippen MR) is 55.6 cm³/mol. The van der Waals surface area contributed by atoms with Crippen LogP contribution in [-0.2, 0) is 6.42 Å². The van der Waals surface area contributed by atoms with Gasteiger partial charge in [0.1, 0.15) is 12.0 Å². The first-order valence-corrected chi connectivity index (χ1v) is 6.01. The molecule has 1 aromatic heterocycles. The molecule has 0 amide bonds. The molecule has 1 aliphatic heterocycles. The maximum absolute atomic E-state index is 10.4. The van der Waals surface area contributed by atoms with Crippen molar-refractivity contribution in [1.82, 2.24) is 4.98 Å². The van der Waals surface area contributed by atoms with E-state index in [1.807, 2.05) is 11.8 Å². The summed E-state index contributed by atoms with van der Waals surface area (Å²) in [5, 5.41) is 0. The van der Waals surface area contributed by atoms with Crippen molar-refractivity contribution >= 4 is 18.0 Å². The Balaban J connectivity index is 1.92. The molecular formula is C10H13NO2S. The van der Waals surface area contributed by atoms with E-state index < -0.39 is 0 Å². The van der Waals surface area contributed by atoms with Crippen LogP contribution in [0.3, 0.4) is 0 Å². The second-order valence-electron chi connectivity index (χ2n) is 3.57. The van der Waals surface area contributed by atoms with Crippen LogP contribution in [0.25, 0.3) is 0 Å². The van der Waals surface area contributed by atoms with E-state index in [4.69, 9.17) is 4.42 Å². The summed E-state index contributed by atoms with van der Waals surface area (Å²) in [6.45, 7) is 0. The van der Waals surface area contributed by atoms with Crippen LogP contribution in [0.1, 0.15) is 29.2 Å². The zero-order valence-corrected chi connectivity index (χ0v) is 8.76. The third-order valence-electron chi connectivity index (χ3n) is 2.41. The molecule has 1 atom stereocenters. The molecule has 0 spiro atoms. The topological polar surface area (TPSA) is 43.1 Å². The van der Waals surface area contributed by atoms with Crippen LogP contribution in [0.2, 0.25) is 0 Å². The first-order chi connectivity index (χ1) is 6.88. The van der Waals surface area contributed by atoms with E-state index in [-0.39, 0.29) is 0 Å². The quantitative estimate of drug-likeness (QED) is 0.719. The number of hydrogen-bond acceptors (Lipinski definition) is 4. The number of hydrogen-bond donors (Lipinski definition) is 0. The highest BCUT2D eigenvalue weighted by Crippen LogP contribution is 2.25. The molecule has 76 valence electrons. The third kappa shape index (κ3) is 2.38. The van der Waals surface area contributed by atoms with Crippen LogP contribution in [-0.4, -0.2) is 22.8 Å². The Morgan fingerprint density at radius 2 is 2.64 bits per heavy atom. The first kappa shape index (κ1) is 9.77. The van der Waals surface area contributed by atoms with Crippen molar-refractivity contribution in [3.05, 3.63) is 17.8 Å².